The third-order valence-corrected chi connectivity index (χ3v) is 6.54. The van der Waals surface area contributed by atoms with Crippen LogP contribution in [0.1, 0.15) is 0 Å². The van der Waals surface area contributed by atoms with Gasteiger partial charge in [-0.15, -0.1) is 0 Å². The maximum absolute atomic E-state index is 11.1. The lowest BCUT2D eigenvalue weighted by atomic mass is 10.3. The van der Waals surface area contributed by atoms with Crippen LogP contribution in [0.2, 0.25) is 0 Å². The van der Waals surface area contributed by atoms with Crippen LogP contribution in [0.15, 0.2) is 0 Å². The van der Waals surface area contributed by atoms with E-state index >= 15 is 0 Å². The first kappa shape index (κ1) is 13.3. The maximum atomic E-state index is 11.1. The van der Waals surface area contributed by atoms with E-state index < -0.39 is 25.8 Å². The quantitative estimate of drug-likeness (QED) is 0.702. The van der Waals surface area contributed by atoms with Crippen LogP contribution < -0.4 is 0 Å². The number of aliphatic hydroxyl groups excluding tert-OH is 1. The lowest BCUT2D eigenvalue weighted by molar-refractivity contribution is 0.207. The molecule has 8 heteroatoms. The third-order valence-electron chi connectivity index (χ3n) is 2.06. The fraction of sp³-hybridized carbons (Fsp3) is 1.00. The van der Waals surface area contributed by atoms with Crippen LogP contribution in [0.5, 0.6) is 0 Å². The number of thioether (sulfide) groups is 1. The summed E-state index contributed by atoms with van der Waals surface area (Å²) in [5.74, 6) is 0.0865. The molecule has 0 bridgehead atoms. The van der Waals surface area contributed by atoms with Crippen molar-refractivity contribution in [1.82, 2.24) is 0 Å². The predicted octanol–water partition coefficient (Wildman–Crippen LogP) is -1.08. The normalized spacial score (nSPS) is 30.5. The summed E-state index contributed by atoms with van der Waals surface area (Å²) in [4.78, 5) is 0. The van der Waals surface area contributed by atoms with Gasteiger partial charge in [-0.2, -0.15) is 11.8 Å². The summed E-state index contributed by atoms with van der Waals surface area (Å²) in [7, 11) is -6.14. The van der Waals surface area contributed by atoms with Gasteiger partial charge in [0.15, 0.2) is 9.84 Å². The molecule has 0 saturated carbocycles. The van der Waals surface area contributed by atoms with Crippen LogP contribution in [0.3, 0.4) is 0 Å². The van der Waals surface area contributed by atoms with Crippen LogP contribution in [0, 0.1) is 0 Å². The second-order valence-electron chi connectivity index (χ2n) is 3.68. The van der Waals surface area contributed by atoms with Crippen molar-refractivity contribution in [2.24, 2.45) is 0 Å². The van der Waals surface area contributed by atoms with E-state index in [1.807, 2.05) is 0 Å². The molecule has 0 amide bonds. The van der Waals surface area contributed by atoms with Crippen LogP contribution in [-0.2, 0) is 19.7 Å². The molecule has 1 saturated heterocycles. The van der Waals surface area contributed by atoms with Crippen LogP contribution in [0.4, 0.5) is 0 Å². The zero-order chi connectivity index (χ0) is 11.7. The van der Waals surface area contributed by atoms with Crippen molar-refractivity contribution in [2.75, 3.05) is 29.3 Å². The third kappa shape index (κ3) is 4.71. The molecule has 1 rings (SSSR count). The Morgan fingerprint density at radius 2 is 2.00 bits per heavy atom. The van der Waals surface area contributed by atoms with Crippen molar-refractivity contribution in [3.05, 3.63) is 0 Å². The molecule has 2 atom stereocenters. The van der Waals surface area contributed by atoms with E-state index in [0.29, 0.717) is 5.75 Å². The summed E-state index contributed by atoms with van der Waals surface area (Å²) in [6, 6.07) is 0. The molecule has 0 aromatic rings. The summed E-state index contributed by atoms with van der Waals surface area (Å²) in [5.41, 5.74) is 0. The topological polar surface area (TPSA) is 88.5 Å². The Labute approximate surface area is 94.1 Å². The molecule has 0 aromatic heterocycles. The monoisotopic (exact) mass is 274 g/mol. The van der Waals surface area contributed by atoms with E-state index in [1.54, 1.807) is 0 Å². The Kier molecular flexibility index (Phi) is 4.07. The van der Waals surface area contributed by atoms with Gasteiger partial charge in [-0.05, 0) is 0 Å². The molecular formula is C7H14O5S3. The Morgan fingerprint density at radius 1 is 1.40 bits per heavy atom. The largest absolute Gasteiger partial charge is 0.391 e. The molecule has 1 aliphatic rings. The van der Waals surface area contributed by atoms with Crippen molar-refractivity contribution in [3.8, 4) is 0 Å². The van der Waals surface area contributed by atoms with Gasteiger partial charge in [-0.3, -0.25) is 0 Å². The van der Waals surface area contributed by atoms with Crippen LogP contribution >= 0.6 is 11.8 Å². The number of rotatable bonds is 4. The van der Waals surface area contributed by atoms with Crippen molar-refractivity contribution in [2.45, 2.75) is 11.4 Å². The first-order valence-electron chi connectivity index (χ1n) is 4.37. The van der Waals surface area contributed by atoms with Gasteiger partial charge >= 0.3 is 0 Å². The molecular weight excluding hydrogens is 260 g/mol. The first-order chi connectivity index (χ1) is 6.70. The molecule has 1 N–H and O–H groups in total. The average Bonchev–Trinajstić information content (AvgIpc) is 2.22. The number of sulfone groups is 2. The molecule has 0 aliphatic carbocycles. The van der Waals surface area contributed by atoms with Crippen molar-refractivity contribution < 1.29 is 21.9 Å². The summed E-state index contributed by atoms with van der Waals surface area (Å²) in [6.07, 6.45) is 0.273. The summed E-state index contributed by atoms with van der Waals surface area (Å²) in [5, 5.41) is 9.03. The molecule has 2 unspecified atom stereocenters. The Balaban J connectivity index is 2.41. The van der Waals surface area contributed by atoms with E-state index in [0.717, 1.165) is 6.26 Å². The van der Waals surface area contributed by atoms with Crippen molar-refractivity contribution in [3.63, 3.8) is 0 Å². The number of hydrogen-bond donors (Lipinski definition) is 1. The van der Waals surface area contributed by atoms with E-state index in [1.165, 1.54) is 11.8 Å². The first-order valence-corrected chi connectivity index (χ1v) is 9.30. The predicted molar refractivity (Wildman–Crippen MR) is 60.6 cm³/mol. The molecule has 1 aliphatic heterocycles. The van der Waals surface area contributed by atoms with E-state index in [9.17, 15) is 21.9 Å². The average molecular weight is 274 g/mol. The molecule has 90 valence electrons. The van der Waals surface area contributed by atoms with Gasteiger partial charge in [0, 0.05) is 17.3 Å². The van der Waals surface area contributed by atoms with Gasteiger partial charge in [0.2, 0.25) is 0 Å². The number of aliphatic hydroxyl groups is 1. The minimum atomic E-state index is -3.13. The molecule has 1 heterocycles. The van der Waals surface area contributed by atoms with Crippen LogP contribution in [-0.4, -0.2) is 62.6 Å². The van der Waals surface area contributed by atoms with Crippen molar-refractivity contribution in [1.29, 1.82) is 0 Å². The summed E-state index contributed by atoms with van der Waals surface area (Å²) < 4.78 is 43.9. The van der Waals surface area contributed by atoms with Gasteiger partial charge in [0.1, 0.15) is 9.84 Å². The Morgan fingerprint density at radius 3 is 2.40 bits per heavy atom. The summed E-state index contributed by atoms with van der Waals surface area (Å²) in [6.45, 7) is 0. The van der Waals surface area contributed by atoms with Crippen molar-refractivity contribution >= 4 is 31.4 Å². The van der Waals surface area contributed by atoms with Gasteiger partial charge in [0.05, 0.1) is 23.4 Å². The minimum absolute atomic E-state index is 0.0148. The lowest BCUT2D eigenvalue weighted by Crippen LogP contribution is -2.21. The van der Waals surface area contributed by atoms with Gasteiger partial charge in [0.25, 0.3) is 0 Å². The smallest absolute Gasteiger partial charge is 0.154 e. The highest BCUT2D eigenvalue weighted by molar-refractivity contribution is 8.02. The highest BCUT2D eigenvalue weighted by atomic mass is 32.2. The minimum Gasteiger partial charge on any atom is -0.391 e. The standard InChI is InChI=1S/C7H14O5S3/c1-14(9,10)3-2-13-7-5-15(11,12)4-6(7)8/h6-8H,2-5H2,1H3. The fourth-order valence-corrected chi connectivity index (χ4v) is 6.26. The molecule has 0 radical (unpaired) electrons. The Hall–Kier alpha value is 0.210. The highest BCUT2D eigenvalue weighted by Gasteiger charge is 2.36. The second-order valence-corrected chi connectivity index (χ2v) is 9.44. The molecule has 0 aromatic carbocycles. The highest BCUT2D eigenvalue weighted by Crippen LogP contribution is 2.24. The van der Waals surface area contributed by atoms with Gasteiger partial charge in [-0.1, -0.05) is 0 Å². The SMILES string of the molecule is CS(=O)(=O)CCSC1CS(=O)(=O)CC1O. The van der Waals surface area contributed by atoms with Gasteiger partial charge < -0.3 is 5.11 Å². The van der Waals surface area contributed by atoms with Crippen LogP contribution in [0.25, 0.3) is 0 Å². The molecule has 1 fully saturated rings. The van der Waals surface area contributed by atoms with E-state index in [2.05, 4.69) is 0 Å². The Bertz CT molecular complexity index is 410. The maximum Gasteiger partial charge on any atom is 0.154 e. The molecule has 5 nitrogen and oxygen atoms in total. The lowest BCUT2D eigenvalue weighted by Gasteiger charge is -2.11. The fourth-order valence-electron chi connectivity index (χ4n) is 1.31. The van der Waals surface area contributed by atoms with E-state index in [-0.39, 0.29) is 22.5 Å². The number of hydrogen-bond acceptors (Lipinski definition) is 6. The molecule has 15 heavy (non-hydrogen) atoms. The molecule has 0 spiro atoms. The zero-order valence-corrected chi connectivity index (χ0v) is 10.7. The second kappa shape index (κ2) is 4.60. The van der Waals surface area contributed by atoms with E-state index in [4.69, 9.17) is 0 Å². The summed E-state index contributed by atoms with van der Waals surface area (Å²) >= 11 is 1.21. The van der Waals surface area contributed by atoms with Gasteiger partial charge in [-0.25, -0.2) is 16.8 Å². The zero-order valence-electron chi connectivity index (χ0n) is 8.29.